The van der Waals surface area contributed by atoms with Crippen LogP contribution in [0.5, 0.6) is 0 Å². The fourth-order valence-corrected chi connectivity index (χ4v) is 2.22. The lowest BCUT2D eigenvalue weighted by atomic mass is 10.1. The van der Waals surface area contributed by atoms with Gasteiger partial charge in [-0.15, -0.1) is 0 Å². The molecule has 1 aromatic carbocycles. The molecule has 0 atom stereocenters. The van der Waals surface area contributed by atoms with Crippen LogP contribution < -0.4 is 5.32 Å². The molecule has 20 heavy (non-hydrogen) atoms. The van der Waals surface area contributed by atoms with Crippen molar-refractivity contribution in [2.45, 2.75) is 32.6 Å². The van der Waals surface area contributed by atoms with Crippen molar-refractivity contribution in [3.05, 3.63) is 29.8 Å². The summed E-state index contributed by atoms with van der Waals surface area (Å²) in [7, 11) is 1.81. The van der Waals surface area contributed by atoms with E-state index in [1.807, 2.05) is 31.3 Å². The summed E-state index contributed by atoms with van der Waals surface area (Å²) in [6, 6.07) is 7.48. The molecule has 0 aromatic heterocycles. The molecule has 0 heterocycles. The second kappa shape index (κ2) is 9.37. The van der Waals surface area contributed by atoms with Crippen molar-refractivity contribution >= 4 is 11.6 Å². The Hall–Kier alpha value is -1.55. The molecule has 0 spiro atoms. The molecule has 0 saturated heterocycles. The number of rotatable bonds is 9. The average molecular weight is 278 g/mol. The molecule has 0 aliphatic carbocycles. The van der Waals surface area contributed by atoms with Gasteiger partial charge in [0.15, 0.2) is 0 Å². The number of benzene rings is 1. The quantitative estimate of drug-likeness (QED) is 0.683. The van der Waals surface area contributed by atoms with Gasteiger partial charge in [-0.05, 0) is 18.6 Å². The fourth-order valence-electron chi connectivity index (χ4n) is 2.22. The maximum atomic E-state index is 12.6. The van der Waals surface area contributed by atoms with Crippen molar-refractivity contribution in [2.75, 3.05) is 32.1 Å². The molecular formula is C16H26N2O2. The number of carbonyl (C=O) groups excluding carboxylic acids is 1. The van der Waals surface area contributed by atoms with Crippen molar-refractivity contribution in [1.29, 1.82) is 0 Å². The number of nitrogens with one attached hydrogen (secondary N) is 1. The van der Waals surface area contributed by atoms with Crippen molar-refractivity contribution in [3.8, 4) is 0 Å². The third-order valence-electron chi connectivity index (χ3n) is 3.37. The Morgan fingerprint density at radius 2 is 1.95 bits per heavy atom. The summed E-state index contributed by atoms with van der Waals surface area (Å²) in [6.07, 6.45) is 4.48. The predicted octanol–water partition coefficient (Wildman–Crippen LogP) is 2.74. The van der Waals surface area contributed by atoms with Crippen molar-refractivity contribution in [1.82, 2.24) is 4.90 Å². The third kappa shape index (κ3) is 4.85. The maximum absolute atomic E-state index is 12.6. The number of para-hydroxylation sites is 1. The molecule has 2 N–H and O–H groups in total. The highest BCUT2D eigenvalue weighted by Crippen LogP contribution is 2.17. The molecule has 112 valence electrons. The predicted molar refractivity (Wildman–Crippen MR) is 83.1 cm³/mol. The summed E-state index contributed by atoms with van der Waals surface area (Å²) in [6.45, 7) is 3.27. The Morgan fingerprint density at radius 3 is 2.60 bits per heavy atom. The molecule has 0 aliphatic rings. The van der Waals surface area contributed by atoms with Crippen LogP contribution >= 0.6 is 0 Å². The van der Waals surface area contributed by atoms with E-state index < -0.39 is 0 Å². The van der Waals surface area contributed by atoms with Gasteiger partial charge in [-0.2, -0.15) is 0 Å². The lowest BCUT2D eigenvalue weighted by molar-refractivity contribution is 0.0719. The van der Waals surface area contributed by atoms with E-state index in [9.17, 15) is 4.79 Å². The molecule has 0 saturated carbocycles. The van der Waals surface area contributed by atoms with Crippen LogP contribution in [0.25, 0.3) is 0 Å². The molecule has 4 heteroatoms. The fraction of sp³-hybridized carbons (Fsp3) is 0.562. The van der Waals surface area contributed by atoms with Crippen LogP contribution in [0.4, 0.5) is 5.69 Å². The average Bonchev–Trinajstić information content (AvgIpc) is 2.49. The summed E-state index contributed by atoms with van der Waals surface area (Å²) in [5.74, 6) is -0.0134. The maximum Gasteiger partial charge on any atom is 0.256 e. The minimum Gasteiger partial charge on any atom is -0.395 e. The van der Waals surface area contributed by atoms with Gasteiger partial charge in [0.05, 0.1) is 12.2 Å². The van der Waals surface area contributed by atoms with Gasteiger partial charge in [-0.25, -0.2) is 0 Å². The van der Waals surface area contributed by atoms with Crippen LogP contribution in [0.15, 0.2) is 24.3 Å². The van der Waals surface area contributed by atoms with Gasteiger partial charge in [0, 0.05) is 25.8 Å². The van der Waals surface area contributed by atoms with Crippen molar-refractivity contribution in [2.24, 2.45) is 0 Å². The lowest BCUT2D eigenvalue weighted by Gasteiger charge is -2.23. The number of carbonyl (C=O) groups is 1. The summed E-state index contributed by atoms with van der Waals surface area (Å²) in [5, 5.41) is 12.2. The monoisotopic (exact) mass is 278 g/mol. The van der Waals surface area contributed by atoms with E-state index in [-0.39, 0.29) is 12.5 Å². The first-order valence-electron chi connectivity index (χ1n) is 7.41. The van der Waals surface area contributed by atoms with Gasteiger partial charge >= 0.3 is 0 Å². The highest BCUT2D eigenvalue weighted by atomic mass is 16.3. The minimum absolute atomic E-state index is 0.00123. The molecule has 0 fully saturated rings. The molecule has 1 amide bonds. The standard InChI is InChI=1S/C16H26N2O2/c1-3-4-5-8-11-18(12-13-19)16(20)14-9-6-7-10-15(14)17-2/h6-7,9-10,17,19H,3-5,8,11-13H2,1-2H3. The molecule has 4 nitrogen and oxygen atoms in total. The number of nitrogens with zero attached hydrogens (tertiary/aromatic N) is 1. The first kappa shape index (κ1) is 16.5. The lowest BCUT2D eigenvalue weighted by Crippen LogP contribution is -2.34. The van der Waals surface area contributed by atoms with Crippen LogP contribution in [0.3, 0.4) is 0 Å². The van der Waals surface area contributed by atoms with E-state index in [4.69, 9.17) is 5.11 Å². The normalized spacial score (nSPS) is 10.3. The van der Waals surface area contributed by atoms with Crippen LogP contribution in [0.1, 0.15) is 43.0 Å². The zero-order valence-electron chi connectivity index (χ0n) is 12.6. The Labute approximate surface area is 121 Å². The number of hydrogen-bond acceptors (Lipinski definition) is 3. The van der Waals surface area contributed by atoms with E-state index in [2.05, 4.69) is 12.2 Å². The van der Waals surface area contributed by atoms with Crippen molar-refractivity contribution < 1.29 is 9.90 Å². The zero-order chi connectivity index (χ0) is 14.8. The number of hydrogen-bond donors (Lipinski definition) is 2. The minimum atomic E-state index is -0.0134. The Morgan fingerprint density at radius 1 is 1.20 bits per heavy atom. The number of aliphatic hydroxyl groups excluding tert-OH is 1. The smallest absolute Gasteiger partial charge is 0.256 e. The summed E-state index contributed by atoms with van der Waals surface area (Å²) in [5.41, 5.74) is 1.49. The van der Waals surface area contributed by atoms with Crippen LogP contribution in [0.2, 0.25) is 0 Å². The molecule has 0 aliphatic heterocycles. The number of anilines is 1. The van der Waals surface area contributed by atoms with Gasteiger partial charge in [-0.1, -0.05) is 38.3 Å². The van der Waals surface area contributed by atoms with E-state index >= 15 is 0 Å². The summed E-state index contributed by atoms with van der Waals surface area (Å²) >= 11 is 0. The Bertz CT molecular complexity index is 407. The highest BCUT2D eigenvalue weighted by molar-refractivity contribution is 5.99. The van der Waals surface area contributed by atoms with E-state index in [0.717, 1.165) is 18.5 Å². The van der Waals surface area contributed by atoms with Crippen LogP contribution in [-0.4, -0.2) is 42.7 Å². The molecular weight excluding hydrogens is 252 g/mol. The highest BCUT2D eigenvalue weighted by Gasteiger charge is 2.17. The zero-order valence-corrected chi connectivity index (χ0v) is 12.6. The Kier molecular flexibility index (Phi) is 7.73. The molecule has 1 rings (SSSR count). The largest absolute Gasteiger partial charge is 0.395 e. The third-order valence-corrected chi connectivity index (χ3v) is 3.37. The summed E-state index contributed by atoms with van der Waals surface area (Å²) in [4.78, 5) is 14.3. The second-order valence-electron chi connectivity index (χ2n) is 4.87. The van der Waals surface area contributed by atoms with E-state index in [0.29, 0.717) is 18.7 Å². The first-order chi connectivity index (χ1) is 9.74. The number of aliphatic hydroxyl groups is 1. The summed E-state index contributed by atoms with van der Waals surface area (Å²) < 4.78 is 0. The van der Waals surface area contributed by atoms with Crippen LogP contribution in [-0.2, 0) is 0 Å². The van der Waals surface area contributed by atoms with Crippen molar-refractivity contribution in [3.63, 3.8) is 0 Å². The Balaban J connectivity index is 2.72. The molecule has 0 bridgehead atoms. The van der Waals surface area contributed by atoms with Gasteiger partial charge in [0.2, 0.25) is 0 Å². The molecule has 1 aromatic rings. The topological polar surface area (TPSA) is 52.6 Å². The van der Waals surface area contributed by atoms with Gasteiger partial charge < -0.3 is 15.3 Å². The first-order valence-corrected chi connectivity index (χ1v) is 7.41. The molecule has 0 unspecified atom stereocenters. The van der Waals surface area contributed by atoms with Crippen LogP contribution in [0, 0.1) is 0 Å². The van der Waals surface area contributed by atoms with Gasteiger partial charge in [-0.3, -0.25) is 4.79 Å². The SMILES string of the molecule is CCCCCCN(CCO)C(=O)c1ccccc1NC. The number of amides is 1. The second-order valence-corrected chi connectivity index (χ2v) is 4.87. The number of unbranched alkanes of at least 4 members (excludes halogenated alkanes) is 3. The molecule has 0 radical (unpaired) electrons. The van der Waals surface area contributed by atoms with Gasteiger partial charge in [0.25, 0.3) is 5.91 Å². The van der Waals surface area contributed by atoms with E-state index in [1.54, 1.807) is 4.90 Å². The van der Waals surface area contributed by atoms with Gasteiger partial charge in [0.1, 0.15) is 0 Å². The van der Waals surface area contributed by atoms with E-state index in [1.165, 1.54) is 12.8 Å².